The lowest BCUT2D eigenvalue weighted by Crippen LogP contribution is -2.32. The molecular formula is C23H26FN3O. The van der Waals surface area contributed by atoms with Gasteiger partial charge in [0.2, 0.25) is 0 Å². The standard InChI is InChI=1S/C23H26FN3O/c1-2-20(28)15-26(18-7-4-3-5-8-18)16-22-21-9-6-10-23(21)27(25-22)19-13-11-17(24)12-14-19/h3-5,7-8,11-14,20,28H,2,6,9-10,15-16H2,1H3. The number of benzene rings is 2. The molecule has 1 atom stereocenters. The Bertz CT molecular complexity index is 921. The van der Waals surface area contributed by atoms with Crippen LogP contribution < -0.4 is 4.90 Å². The Morgan fingerprint density at radius 2 is 1.86 bits per heavy atom. The van der Waals surface area contributed by atoms with E-state index in [2.05, 4.69) is 17.0 Å². The van der Waals surface area contributed by atoms with Crippen LogP contribution in [0.15, 0.2) is 54.6 Å². The second-order valence-electron chi connectivity index (χ2n) is 7.39. The van der Waals surface area contributed by atoms with Crippen LogP contribution in [0.2, 0.25) is 0 Å². The van der Waals surface area contributed by atoms with E-state index in [9.17, 15) is 9.50 Å². The zero-order chi connectivity index (χ0) is 19.5. The predicted octanol–water partition coefficient (Wildman–Crippen LogP) is 4.28. The first-order valence-corrected chi connectivity index (χ1v) is 9.99. The normalized spacial score (nSPS) is 14.1. The summed E-state index contributed by atoms with van der Waals surface area (Å²) < 4.78 is 15.3. The van der Waals surface area contributed by atoms with E-state index in [1.807, 2.05) is 29.8 Å². The maximum atomic E-state index is 13.3. The number of fused-ring (bicyclic) bond motifs is 1. The molecule has 0 fully saturated rings. The smallest absolute Gasteiger partial charge is 0.123 e. The topological polar surface area (TPSA) is 41.3 Å². The number of halogens is 1. The number of para-hydroxylation sites is 1. The molecular weight excluding hydrogens is 353 g/mol. The number of aliphatic hydroxyl groups is 1. The zero-order valence-electron chi connectivity index (χ0n) is 16.2. The van der Waals surface area contributed by atoms with Gasteiger partial charge in [0.1, 0.15) is 5.82 Å². The number of aromatic nitrogens is 2. The maximum Gasteiger partial charge on any atom is 0.123 e. The number of nitrogens with zero attached hydrogens (tertiary/aromatic N) is 3. The number of anilines is 1. The average molecular weight is 379 g/mol. The van der Waals surface area contributed by atoms with Gasteiger partial charge < -0.3 is 10.0 Å². The summed E-state index contributed by atoms with van der Waals surface area (Å²) in [5.41, 5.74) is 5.55. The molecule has 2 aromatic carbocycles. The third kappa shape index (κ3) is 3.80. The highest BCUT2D eigenvalue weighted by atomic mass is 19.1. The molecule has 0 saturated heterocycles. The first-order chi connectivity index (χ1) is 13.7. The molecule has 0 saturated carbocycles. The van der Waals surface area contributed by atoms with Crippen molar-refractivity contribution in [2.75, 3.05) is 11.4 Å². The van der Waals surface area contributed by atoms with Gasteiger partial charge in [0.15, 0.2) is 0 Å². The minimum Gasteiger partial charge on any atom is -0.391 e. The van der Waals surface area contributed by atoms with E-state index in [1.165, 1.54) is 23.4 Å². The Labute approximate surface area is 165 Å². The van der Waals surface area contributed by atoms with Crippen molar-refractivity contribution in [1.82, 2.24) is 9.78 Å². The summed E-state index contributed by atoms with van der Waals surface area (Å²) in [5.74, 6) is -0.239. The van der Waals surface area contributed by atoms with Crippen LogP contribution in [0.4, 0.5) is 10.1 Å². The van der Waals surface area contributed by atoms with E-state index in [4.69, 9.17) is 5.10 Å². The van der Waals surface area contributed by atoms with Gasteiger partial charge in [-0.25, -0.2) is 9.07 Å². The Hall–Kier alpha value is -2.66. The molecule has 0 spiro atoms. The Kier molecular flexibility index (Phi) is 5.44. The molecule has 1 aromatic heterocycles. The number of aliphatic hydroxyl groups excluding tert-OH is 1. The first-order valence-electron chi connectivity index (χ1n) is 9.99. The minimum absolute atomic E-state index is 0.239. The summed E-state index contributed by atoms with van der Waals surface area (Å²) in [6.45, 7) is 3.21. The molecule has 4 nitrogen and oxygen atoms in total. The van der Waals surface area contributed by atoms with E-state index in [1.54, 1.807) is 12.1 Å². The van der Waals surface area contributed by atoms with Gasteiger partial charge in [0, 0.05) is 17.9 Å². The van der Waals surface area contributed by atoms with Crippen molar-refractivity contribution in [1.29, 1.82) is 0 Å². The van der Waals surface area contributed by atoms with Gasteiger partial charge in [0.25, 0.3) is 0 Å². The van der Waals surface area contributed by atoms with Crippen molar-refractivity contribution in [2.45, 2.75) is 45.3 Å². The SMILES string of the molecule is CCC(O)CN(Cc1nn(-c2ccc(F)cc2)c2c1CCC2)c1ccccc1. The van der Waals surface area contributed by atoms with Crippen LogP contribution in [0.3, 0.4) is 0 Å². The van der Waals surface area contributed by atoms with Gasteiger partial charge in [0.05, 0.1) is 24.0 Å². The summed E-state index contributed by atoms with van der Waals surface area (Å²) in [6.07, 6.45) is 3.45. The zero-order valence-corrected chi connectivity index (χ0v) is 16.2. The van der Waals surface area contributed by atoms with E-state index >= 15 is 0 Å². The highest BCUT2D eigenvalue weighted by Crippen LogP contribution is 2.29. The van der Waals surface area contributed by atoms with Gasteiger partial charge in [-0.3, -0.25) is 0 Å². The van der Waals surface area contributed by atoms with Crippen LogP contribution >= 0.6 is 0 Å². The third-order valence-electron chi connectivity index (χ3n) is 5.45. The molecule has 0 aliphatic heterocycles. The quantitative estimate of drug-likeness (QED) is 0.666. The fourth-order valence-corrected chi connectivity index (χ4v) is 3.90. The molecule has 0 bridgehead atoms. The molecule has 1 unspecified atom stereocenters. The lowest BCUT2D eigenvalue weighted by Gasteiger charge is -2.26. The summed E-state index contributed by atoms with van der Waals surface area (Å²) in [6, 6.07) is 16.7. The lowest BCUT2D eigenvalue weighted by molar-refractivity contribution is 0.175. The Balaban J connectivity index is 1.68. The number of hydrogen-bond acceptors (Lipinski definition) is 3. The molecule has 1 heterocycles. The second kappa shape index (κ2) is 8.15. The van der Waals surface area contributed by atoms with E-state index in [-0.39, 0.29) is 11.9 Å². The van der Waals surface area contributed by atoms with Crippen molar-refractivity contribution in [2.24, 2.45) is 0 Å². The number of rotatable bonds is 7. The van der Waals surface area contributed by atoms with Crippen molar-refractivity contribution < 1.29 is 9.50 Å². The van der Waals surface area contributed by atoms with Gasteiger partial charge in [-0.1, -0.05) is 25.1 Å². The molecule has 146 valence electrons. The fourth-order valence-electron chi connectivity index (χ4n) is 3.90. The van der Waals surface area contributed by atoms with Crippen LogP contribution in [0.5, 0.6) is 0 Å². The maximum absolute atomic E-state index is 13.3. The van der Waals surface area contributed by atoms with Crippen LogP contribution in [-0.4, -0.2) is 27.5 Å². The van der Waals surface area contributed by atoms with Crippen molar-refractivity contribution in [3.63, 3.8) is 0 Å². The monoisotopic (exact) mass is 379 g/mol. The van der Waals surface area contributed by atoms with Crippen molar-refractivity contribution in [3.05, 3.63) is 77.4 Å². The molecule has 1 aliphatic carbocycles. The molecule has 28 heavy (non-hydrogen) atoms. The predicted molar refractivity (Wildman–Crippen MR) is 109 cm³/mol. The third-order valence-corrected chi connectivity index (χ3v) is 5.45. The highest BCUT2D eigenvalue weighted by Gasteiger charge is 2.25. The van der Waals surface area contributed by atoms with E-state index in [0.29, 0.717) is 19.5 Å². The van der Waals surface area contributed by atoms with Crippen molar-refractivity contribution >= 4 is 5.69 Å². The van der Waals surface area contributed by atoms with E-state index < -0.39 is 0 Å². The molecule has 5 heteroatoms. The van der Waals surface area contributed by atoms with E-state index in [0.717, 1.165) is 36.3 Å². The summed E-state index contributed by atoms with van der Waals surface area (Å²) in [7, 11) is 0. The van der Waals surface area contributed by atoms with Crippen LogP contribution in [0.1, 0.15) is 36.7 Å². The molecule has 4 rings (SSSR count). The molecule has 3 aromatic rings. The first kappa shape index (κ1) is 18.7. The Morgan fingerprint density at radius 1 is 1.11 bits per heavy atom. The second-order valence-corrected chi connectivity index (χ2v) is 7.39. The van der Waals surface area contributed by atoms with Crippen LogP contribution in [-0.2, 0) is 19.4 Å². The number of hydrogen-bond donors (Lipinski definition) is 1. The molecule has 0 radical (unpaired) electrons. The summed E-state index contributed by atoms with van der Waals surface area (Å²) in [4.78, 5) is 2.20. The summed E-state index contributed by atoms with van der Waals surface area (Å²) >= 11 is 0. The van der Waals surface area contributed by atoms with Crippen LogP contribution in [0.25, 0.3) is 5.69 Å². The molecule has 1 N–H and O–H groups in total. The van der Waals surface area contributed by atoms with Crippen molar-refractivity contribution in [3.8, 4) is 5.69 Å². The molecule has 0 amide bonds. The Morgan fingerprint density at radius 3 is 2.57 bits per heavy atom. The lowest BCUT2D eigenvalue weighted by atomic mass is 10.1. The van der Waals surface area contributed by atoms with Gasteiger partial charge in [-0.05, 0) is 67.6 Å². The average Bonchev–Trinajstić information content (AvgIpc) is 3.32. The van der Waals surface area contributed by atoms with Gasteiger partial charge >= 0.3 is 0 Å². The van der Waals surface area contributed by atoms with Gasteiger partial charge in [-0.2, -0.15) is 5.10 Å². The molecule has 1 aliphatic rings. The largest absolute Gasteiger partial charge is 0.391 e. The minimum atomic E-state index is -0.382. The fraction of sp³-hybridized carbons (Fsp3) is 0.348. The summed E-state index contributed by atoms with van der Waals surface area (Å²) in [5, 5.41) is 15.2. The van der Waals surface area contributed by atoms with Crippen LogP contribution in [0, 0.1) is 5.82 Å². The highest BCUT2D eigenvalue weighted by molar-refractivity contribution is 5.48. The van der Waals surface area contributed by atoms with Gasteiger partial charge in [-0.15, -0.1) is 0 Å².